The van der Waals surface area contributed by atoms with Gasteiger partial charge in [-0.3, -0.25) is 15.2 Å². The Balaban J connectivity index is 2.55. The first-order valence-electron chi connectivity index (χ1n) is 9.48. The molecule has 12 nitrogen and oxygen atoms in total. The van der Waals surface area contributed by atoms with Crippen LogP contribution in [0.2, 0.25) is 0 Å². The Morgan fingerprint density at radius 3 is 2.25 bits per heavy atom. The minimum absolute atomic E-state index is 0.0872. The van der Waals surface area contributed by atoms with E-state index in [0.717, 1.165) is 14.2 Å². The number of likely N-dealkylation sites (N-methyl/N-ethyl adjacent to an activating group) is 1. The van der Waals surface area contributed by atoms with Gasteiger partial charge in [0, 0.05) is 5.70 Å². The average Bonchev–Trinajstić information content (AvgIpc) is 2.99. The molecule has 0 saturated heterocycles. The number of hydrazine groups is 1. The molecule has 0 aromatic heterocycles. The zero-order valence-corrected chi connectivity index (χ0v) is 18.5. The van der Waals surface area contributed by atoms with E-state index >= 15 is 0 Å². The summed E-state index contributed by atoms with van der Waals surface area (Å²) in [5.41, 5.74) is 6.10. The molecule has 1 aromatic rings. The number of nitrogens with two attached hydrogens (primary N) is 1. The Hall–Kier alpha value is -3.80. The number of carbonyl (C=O) groups excluding carboxylic acids is 4. The summed E-state index contributed by atoms with van der Waals surface area (Å²) in [5.74, 6) is -1.90. The van der Waals surface area contributed by atoms with E-state index in [9.17, 15) is 19.2 Å². The number of allylic oxidation sites excluding steroid dienone is 1. The van der Waals surface area contributed by atoms with E-state index < -0.39 is 35.8 Å². The van der Waals surface area contributed by atoms with Crippen LogP contribution < -0.4 is 16.5 Å². The molecule has 0 unspecified atom stereocenters. The van der Waals surface area contributed by atoms with Crippen LogP contribution in [0.25, 0.3) is 0 Å². The highest BCUT2D eigenvalue weighted by atomic mass is 16.6. The lowest BCUT2D eigenvalue weighted by atomic mass is 9.87. The molecule has 1 aliphatic rings. The molecule has 2 atom stereocenters. The number of ether oxygens (including phenoxy) is 3. The van der Waals surface area contributed by atoms with Gasteiger partial charge in [0.1, 0.15) is 12.8 Å². The van der Waals surface area contributed by atoms with E-state index in [1.807, 2.05) is 6.07 Å². The van der Waals surface area contributed by atoms with Crippen LogP contribution in [0, 0.1) is 0 Å². The lowest BCUT2D eigenvalue weighted by Gasteiger charge is -2.41. The predicted octanol–water partition coefficient (Wildman–Crippen LogP) is 0.0582. The highest BCUT2D eigenvalue weighted by Crippen LogP contribution is 2.39. The zero-order chi connectivity index (χ0) is 24.1. The SMILES string of the molecule is COC(=O)C1=C(C)N(NC(N)=O)[C@@H](N(C)C)[C@]1(NC(=O)OCc1ccccc1)C(=O)OC. The first-order chi connectivity index (χ1) is 15.1. The summed E-state index contributed by atoms with van der Waals surface area (Å²) in [6.07, 6.45) is -2.15. The molecule has 0 bridgehead atoms. The smallest absolute Gasteiger partial charge is 0.408 e. The summed E-state index contributed by atoms with van der Waals surface area (Å²) in [4.78, 5) is 51.8. The van der Waals surface area contributed by atoms with Gasteiger partial charge >= 0.3 is 24.1 Å². The Morgan fingerprint density at radius 2 is 1.75 bits per heavy atom. The van der Waals surface area contributed by atoms with Crippen LogP contribution >= 0.6 is 0 Å². The zero-order valence-electron chi connectivity index (χ0n) is 18.5. The summed E-state index contributed by atoms with van der Waals surface area (Å²) in [7, 11) is 5.36. The molecule has 32 heavy (non-hydrogen) atoms. The van der Waals surface area contributed by atoms with E-state index in [2.05, 4.69) is 10.7 Å². The number of hydrogen-bond acceptors (Lipinski definition) is 9. The maximum absolute atomic E-state index is 13.1. The molecule has 0 saturated carbocycles. The highest BCUT2D eigenvalue weighted by Gasteiger charge is 2.63. The summed E-state index contributed by atoms with van der Waals surface area (Å²) in [6.45, 7) is 1.37. The number of nitrogens with one attached hydrogen (secondary N) is 2. The van der Waals surface area contributed by atoms with Crippen molar-refractivity contribution < 1.29 is 33.4 Å². The van der Waals surface area contributed by atoms with E-state index in [4.69, 9.17) is 19.9 Å². The second-order valence-electron chi connectivity index (χ2n) is 7.12. The van der Waals surface area contributed by atoms with E-state index in [-0.39, 0.29) is 17.9 Å². The van der Waals surface area contributed by atoms with Crippen molar-refractivity contribution in [3.8, 4) is 0 Å². The van der Waals surface area contributed by atoms with Gasteiger partial charge in [0.2, 0.25) is 5.54 Å². The van der Waals surface area contributed by atoms with E-state index in [1.165, 1.54) is 16.8 Å². The Kier molecular flexibility index (Phi) is 7.65. The first kappa shape index (κ1) is 24.5. The molecule has 1 aromatic carbocycles. The van der Waals surface area contributed by atoms with Crippen molar-refractivity contribution in [2.75, 3.05) is 28.3 Å². The van der Waals surface area contributed by atoms with E-state index in [1.54, 1.807) is 38.4 Å². The van der Waals surface area contributed by atoms with Crippen molar-refractivity contribution in [3.63, 3.8) is 0 Å². The fourth-order valence-corrected chi connectivity index (χ4v) is 3.67. The van der Waals surface area contributed by atoms with Gasteiger partial charge < -0.3 is 19.9 Å². The van der Waals surface area contributed by atoms with Gasteiger partial charge in [0.25, 0.3) is 0 Å². The highest BCUT2D eigenvalue weighted by molar-refractivity contribution is 6.05. The lowest BCUT2D eigenvalue weighted by molar-refractivity contribution is -0.154. The number of carbonyl (C=O) groups is 4. The molecule has 3 amide bonds. The molecule has 12 heteroatoms. The summed E-state index contributed by atoms with van der Waals surface area (Å²) >= 11 is 0. The minimum atomic E-state index is -2.12. The third-order valence-corrected chi connectivity index (χ3v) is 4.88. The quantitative estimate of drug-likeness (QED) is 0.387. The largest absolute Gasteiger partial charge is 0.467 e. The monoisotopic (exact) mass is 449 g/mol. The number of rotatable bonds is 7. The van der Waals surface area contributed by atoms with Gasteiger partial charge in [0.15, 0.2) is 0 Å². The Bertz CT molecular complexity index is 918. The number of methoxy groups -OCH3 is 2. The van der Waals surface area contributed by atoms with Crippen LogP contribution in [0.4, 0.5) is 9.59 Å². The molecule has 2 rings (SSSR count). The van der Waals surface area contributed by atoms with Crippen molar-refractivity contribution in [1.29, 1.82) is 0 Å². The van der Waals surface area contributed by atoms with Crippen LogP contribution in [0.15, 0.2) is 41.6 Å². The third kappa shape index (κ3) is 4.59. The standard InChI is InChI=1S/C20H27N5O7/c1-12-14(15(26)30-4)20(17(27)31-5,16(24(2)3)25(12)23-18(21)28)22-19(29)32-11-13-9-7-6-8-10-13/h6-10,16H,11H2,1-5H3,(H,22,29)(H3,21,23,28)/t16-,20+/m1/s1. The number of alkyl carbamates (subject to hydrolysis) is 1. The first-order valence-corrected chi connectivity index (χ1v) is 9.48. The number of amides is 3. The van der Waals surface area contributed by atoms with Crippen LogP contribution in [0.1, 0.15) is 12.5 Å². The van der Waals surface area contributed by atoms with Crippen LogP contribution in [0.5, 0.6) is 0 Å². The molecule has 1 heterocycles. The molecule has 174 valence electrons. The molecule has 0 radical (unpaired) electrons. The second-order valence-corrected chi connectivity index (χ2v) is 7.12. The summed E-state index contributed by atoms with van der Waals surface area (Å²) in [5, 5.41) is 3.66. The fourth-order valence-electron chi connectivity index (χ4n) is 3.67. The maximum Gasteiger partial charge on any atom is 0.408 e. The van der Waals surface area contributed by atoms with Crippen molar-refractivity contribution in [1.82, 2.24) is 20.7 Å². The number of esters is 2. The van der Waals surface area contributed by atoms with Crippen molar-refractivity contribution in [3.05, 3.63) is 47.2 Å². The second kappa shape index (κ2) is 10.0. The summed E-state index contributed by atoms with van der Waals surface area (Å²) in [6, 6.07) is 7.93. The van der Waals surface area contributed by atoms with Gasteiger partial charge in [-0.25, -0.2) is 24.6 Å². The van der Waals surface area contributed by atoms with Crippen molar-refractivity contribution >= 4 is 24.1 Å². The van der Waals surface area contributed by atoms with Crippen LogP contribution in [0.3, 0.4) is 0 Å². The molecule has 0 fully saturated rings. The van der Waals surface area contributed by atoms with Gasteiger partial charge in [-0.2, -0.15) is 0 Å². The molecule has 0 aliphatic carbocycles. The van der Waals surface area contributed by atoms with Gasteiger partial charge in [-0.1, -0.05) is 30.3 Å². The number of benzene rings is 1. The van der Waals surface area contributed by atoms with Crippen LogP contribution in [-0.4, -0.2) is 74.0 Å². The number of hydrogen-bond donors (Lipinski definition) is 3. The lowest BCUT2D eigenvalue weighted by Crippen LogP contribution is -2.70. The third-order valence-electron chi connectivity index (χ3n) is 4.88. The minimum Gasteiger partial charge on any atom is -0.467 e. The number of urea groups is 1. The number of primary amides is 1. The van der Waals surface area contributed by atoms with Gasteiger partial charge in [0.05, 0.1) is 19.8 Å². The molecular formula is C20H27N5O7. The topological polar surface area (TPSA) is 153 Å². The molecule has 1 aliphatic heterocycles. The van der Waals surface area contributed by atoms with Gasteiger partial charge in [-0.05, 0) is 26.6 Å². The fraction of sp³-hybridized carbons (Fsp3) is 0.400. The predicted molar refractivity (Wildman–Crippen MR) is 111 cm³/mol. The van der Waals surface area contributed by atoms with Crippen molar-refractivity contribution in [2.24, 2.45) is 5.73 Å². The Morgan fingerprint density at radius 1 is 1.12 bits per heavy atom. The average molecular weight is 449 g/mol. The van der Waals surface area contributed by atoms with Crippen LogP contribution in [-0.2, 0) is 30.4 Å². The Labute approximate surface area is 185 Å². The number of nitrogens with zero attached hydrogens (tertiary/aromatic N) is 2. The van der Waals surface area contributed by atoms with Gasteiger partial charge in [-0.15, -0.1) is 0 Å². The molecular weight excluding hydrogens is 422 g/mol. The van der Waals surface area contributed by atoms with Crippen molar-refractivity contribution in [2.45, 2.75) is 25.2 Å². The maximum atomic E-state index is 13.1. The molecule has 4 N–H and O–H groups in total. The molecule has 0 spiro atoms. The van der Waals surface area contributed by atoms with E-state index in [0.29, 0.717) is 5.56 Å². The summed E-state index contributed by atoms with van der Waals surface area (Å²) < 4.78 is 15.1. The normalized spacial score (nSPS) is 20.1.